The van der Waals surface area contributed by atoms with Gasteiger partial charge in [0.1, 0.15) is 24.1 Å². The first-order chi connectivity index (χ1) is 18.2. The fourth-order valence-electron chi connectivity index (χ4n) is 5.46. The Labute approximate surface area is 221 Å². The molecule has 38 heavy (non-hydrogen) atoms. The van der Waals surface area contributed by atoms with E-state index in [1.165, 1.54) is 17.1 Å². The number of likely N-dealkylation sites (N-methyl/N-ethyl adjacent to an activating group) is 1. The quantitative estimate of drug-likeness (QED) is 0.504. The van der Waals surface area contributed by atoms with E-state index in [-0.39, 0.29) is 29.9 Å². The zero-order valence-electron chi connectivity index (χ0n) is 21.3. The summed E-state index contributed by atoms with van der Waals surface area (Å²) in [4.78, 5) is 7.76. The first-order valence-corrected chi connectivity index (χ1v) is 14.1. The molecule has 3 unspecified atom stereocenters. The molecule has 0 saturated heterocycles. The maximum absolute atomic E-state index is 15.5. The van der Waals surface area contributed by atoms with Gasteiger partial charge in [0, 0.05) is 30.4 Å². The lowest BCUT2D eigenvalue weighted by atomic mass is 9.86. The summed E-state index contributed by atoms with van der Waals surface area (Å²) in [7, 11) is -1.67. The van der Waals surface area contributed by atoms with Crippen molar-refractivity contribution in [3.8, 4) is 5.69 Å². The largest absolute Gasteiger partial charge is 0.315 e. The monoisotopic (exact) mass is 538 g/mol. The van der Waals surface area contributed by atoms with E-state index < -0.39 is 28.3 Å². The summed E-state index contributed by atoms with van der Waals surface area (Å²) in [6.07, 6.45) is 1.54. The van der Waals surface area contributed by atoms with E-state index in [4.69, 9.17) is 11.5 Å². The molecule has 0 amide bonds. The van der Waals surface area contributed by atoms with Crippen molar-refractivity contribution in [3.05, 3.63) is 83.3 Å². The van der Waals surface area contributed by atoms with Crippen molar-refractivity contribution in [2.45, 2.75) is 43.4 Å². The third-order valence-corrected chi connectivity index (χ3v) is 10.0. The van der Waals surface area contributed by atoms with Crippen molar-refractivity contribution < 1.29 is 12.8 Å². The fourth-order valence-corrected chi connectivity index (χ4v) is 7.29. The second-order valence-electron chi connectivity index (χ2n) is 10.2. The Morgan fingerprint density at radius 2 is 1.82 bits per heavy atom. The average molecular weight is 539 g/mol. The fraction of sp³-hybridized carbons (Fsp3) is 0.385. The molecule has 12 heteroatoms. The highest BCUT2D eigenvalue weighted by atomic mass is 32.2. The molecule has 10 nitrogen and oxygen atoms in total. The van der Waals surface area contributed by atoms with Crippen LogP contribution in [0.5, 0.6) is 0 Å². The van der Waals surface area contributed by atoms with Crippen molar-refractivity contribution in [2.75, 3.05) is 25.0 Å². The molecule has 2 aliphatic heterocycles. The Hall–Kier alpha value is -3.16. The van der Waals surface area contributed by atoms with E-state index in [0.717, 1.165) is 16.8 Å². The van der Waals surface area contributed by atoms with Gasteiger partial charge in [0.2, 0.25) is 10.0 Å². The van der Waals surface area contributed by atoms with Crippen LogP contribution in [-0.2, 0) is 10.0 Å². The normalized spacial score (nSPS) is 25.1. The molecule has 4 N–H and O–H groups in total. The lowest BCUT2D eigenvalue weighted by molar-refractivity contribution is 0.167. The molecule has 3 atom stereocenters. The molecule has 0 spiro atoms. The minimum atomic E-state index is -3.46. The lowest BCUT2D eigenvalue weighted by Gasteiger charge is -2.52. The van der Waals surface area contributed by atoms with Gasteiger partial charge in [0.15, 0.2) is 5.82 Å². The van der Waals surface area contributed by atoms with Crippen molar-refractivity contribution in [1.82, 2.24) is 24.0 Å². The Morgan fingerprint density at radius 3 is 2.45 bits per heavy atom. The molecule has 3 heterocycles. The SMILES string of the molecule is Cc1ncn(-c2ccc(N3C4=C(CN(S(=O)(=O)C5CC5)CC4c4ccccc4)C(N)N(C)C3N)cc2F)n1. The highest BCUT2D eigenvalue weighted by Crippen LogP contribution is 2.44. The number of halogens is 1. The van der Waals surface area contributed by atoms with Gasteiger partial charge in [0.25, 0.3) is 0 Å². The van der Waals surface area contributed by atoms with Gasteiger partial charge < -0.3 is 10.6 Å². The molecule has 200 valence electrons. The number of hydrogen-bond donors (Lipinski definition) is 2. The molecule has 3 aromatic rings. The van der Waals surface area contributed by atoms with E-state index >= 15 is 4.39 Å². The van der Waals surface area contributed by atoms with Crippen molar-refractivity contribution >= 4 is 15.7 Å². The van der Waals surface area contributed by atoms with Crippen molar-refractivity contribution in [1.29, 1.82) is 0 Å². The maximum Gasteiger partial charge on any atom is 0.217 e. The Morgan fingerprint density at radius 1 is 1.08 bits per heavy atom. The van der Waals surface area contributed by atoms with Crippen LogP contribution in [0, 0.1) is 12.7 Å². The minimum absolute atomic E-state index is 0.172. The van der Waals surface area contributed by atoms with Gasteiger partial charge in [-0.05, 0) is 56.1 Å². The van der Waals surface area contributed by atoms with Crippen molar-refractivity contribution in [2.24, 2.45) is 11.5 Å². The summed E-state index contributed by atoms with van der Waals surface area (Å²) < 4.78 is 45.2. The number of nitrogens with zero attached hydrogens (tertiary/aromatic N) is 6. The number of benzene rings is 2. The highest BCUT2D eigenvalue weighted by molar-refractivity contribution is 7.90. The zero-order chi connectivity index (χ0) is 26.8. The third-order valence-electron chi connectivity index (χ3n) is 7.70. The predicted octanol–water partition coefficient (Wildman–Crippen LogP) is 1.84. The maximum atomic E-state index is 15.5. The summed E-state index contributed by atoms with van der Waals surface area (Å²) in [5.74, 6) is -0.278. The number of aryl methyl sites for hydroxylation is 1. The topological polar surface area (TPSA) is 127 Å². The van der Waals surface area contributed by atoms with E-state index in [2.05, 4.69) is 10.1 Å². The standard InChI is InChI=1S/C26H31FN8O2S/c1-16-30-15-34(31-16)23-11-8-18(12-22(23)27)35-24-20(17-6-4-3-5-7-17)13-33(38(36,37)19-9-10-19)14-21(24)25(28)32(2)26(35)29/h3-8,11-12,15,19-20,25-26H,9-10,13-14,28-29H2,1-2H3. The Bertz CT molecular complexity index is 1500. The summed E-state index contributed by atoms with van der Waals surface area (Å²) in [5.41, 5.74) is 16.7. The average Bonchev–Trinajstić information content (AvgIpc) is 3.69. The summed E-state index contributed by atoms with van der Waals surface area (Å²) in [6, 6.07) is 14.6. The van der Waals surface area contributed by atoms with Gasteiger partial charge in [-0.1, -0.05) is 30.3 Å². The molecule has 1 fully saturated rings. The van der Waals surface area contributed by atoms with Crippen LogP contribution in [-0.4, -0.2) is 70.2 Å². The molecule has 3 aliphatic rings. The first-order valence-electron chi connectivity index (χ1n) is 12.6. The Balaban J connectivity index is 1.49. The summed E-state index contributed by atoms with van der Waals surface area (Å²) in [5, 5.41) is 3.89. The van der Waals surface area contributed by atoms with Crippen LogP contribution in [0.3, 0.4) is 0 Å². The van der Waals surface area contributed by atoms with Crippen LogP contribution in [0.4, 0.5) is 10.1 Å². The molecule has 0 bridgehead atoms. The molecule has 1 aliphatic carbocycles. The number of sulfonamides is 1. The van der Waals surface area contributed by atoms with Crippen LogP contribution in [0.25, 0.3) is 5.69 Å². The van der Waals surface area contributed by atoms with Crippen LogP contribution in [0.2, 0.25) is 0 Å². The van der Waals surface area contributed by atoms with Gasteiger partial charge in [-0.3, -0.25) is 10.6 Å². The number of rotatable bonds is 5. The van der Waals surface area contributed by atoms with Gasteiger partial charge >= 0.3 is 0 Å². The first kappa shape index (κ1) is 25.1. The number of anilines is 1. The molecule has 1 aromatic heterocycles. The lowest BCUT2D eigenvalue weighted by Crippen LogP contribution is -2.66. The van der Waals surface area contributed by atoms with Gasteiger partial charge in [-0.25, -0.2) is 22.5 Å². The van der Waals surface area contributed by atoms with Gasteiger partial charge in [-0.15, -0.1) is 0 Å². The van der Waals surface area contributed by atoms with Crippen LogP contribution < -0.4 is 16.4 Å². The second kappa shape index (κ2) is 9.24. The van der Waals surface area contributed by atoms with E-state index in [0.29, 0.717) is 24.4 Å². The van der Waals surface area contributed by atoms with Gasteiger partial charge in [-0.2, -0.15) is 9.40 Å². The summed E-state index contributed by atoms with van der Waals surface area (Å²) in [6.45, 7) is 2.17. The Kier molecular flexibility index (Phi) is 6.11. The molecule has 1 saturated carbocycles. The van der Waals surface area contributed by atoms with Gasteiger partial charge in [0.05, 0.1) is 11.4 Å². The number of hydrogen-bond acceptors (Lipinski definition) is 8. The van der Waals surface area contributed by atoms with Crippen molar-refractivity contribution in [3.63, 3.8) is 0 Å². The zero-order valence-corrected chi connectivity index (χ0v) is 22.1. The highest BCUT2D eigenvalue weighted by Gasteiger charge is 2.48. The third kappa shape index (κ3) is 4.12. The minimum Gasteiger partial charge on any atom is -0.315 e. The molecule has 0 radical (unpaired) electrons. The molecule has 6 rings (SSSR count). The smallest absolute Gasteiger partial charge is 0.217 e. The number of aromatic nitrogens is 3. The van der Waals surface area contributed by atoms with E-state index in [1.54, 1.807) is 35.3 Å². The second-order valence-corrected chi connectivity index (χ2v) is 12.4. The van der Waals surface area contributed by atoms with E-state index in [9.17, 15) is 8.42 Å². The molecule has 2 aromatic carbocycles. The van der Waals surface area contributed by atoms with E-state index in [1.807, 2.05) is 35.2 Å². The van der Waals surface area contributed by atoms with Crippen LogP contribution >= 0.6 is 0 Å². The summed E-state index contributed by atoms with van der Waals surface area (Å²) >= 11 is 0. The van der Waals surface area contributed by atoms with Crippen LogP contribution in [0.15, 0.2) is 66.1 Å². The molecular formula is C26H31FN8O2S. The van der Waals surface area contributed by atoms with Crippen LogP contribution in [0.1, 0.15) is 30.1 Å². The molecular weight excluding hydrogens is 507 g/mol. The number of nitrogens with two attached hydrogens (primary N) is 2. The predicted molar refractivity (Wildman–Crippen MR) is 142 cm³/mol.